The zero-order valence-corrected chi connectivity index (χ0v) is 6.51. The predicted molar refractivity (Wildman–Crippen MR) is 43.9 cm³/mol. The number of hydrogen-bond acceptors (Lipinski definition) is 2. The maximum Gasteiger partial charge on any atom is 0.291 e. The highest BCUT2D eigenvalue weighted by Gasteiger charge is 2.00. The largest absolute Gasteiger partial charge is 0.291 e. The molecule has 0 amide bonds. The Morgan fingerprint density at radius 2 is 2.08 bits per heavy atom. The van der Waals surface area contributed by atoms with Crippen molar-refractivity contribution in [1.82, 2.24) is 0 Å². The van der Waals surface area contributed by atoms with E-state index in [0.29, 0.717) is 6.54 Å². The van der Waals surface area contributed by atoms with E-state index in [-0.39, 0.29) is 0 Å². The Balaban J connectivity index is 2.66. The molecule has 0 fully saturated rings. The van der Waals surface area contributed by atoms with Gasteiger partial charge >= 0.3 is 0 Å². The van der Waals surface area contributed by atoms with Gasteiger partial charge in [-0.15, -0.1) is 0 Å². The molecule has 0 saturated heterocycles. The fraction of sp³-hybridized carbons (Fsp3) is 0.111. The molecule has 0 radical (unpaired) electrons. The first-order valence-corrected chi connectivity index (χ1v) is 3.55. The van der Waals surface area contributed by atoms with Gasteiger partial charge in [0, 0.05) is 5.56 Å². The molecule has 1 aromatic carbocycles. The highest BCUT2D eigenvalue weighted by Crippen LogP contribution is 1.98. The van der Waals surface area contributed by atoms with Crippen molar-refractivity contribution in [3.05, 3.63) is 35.9 Å². The van der Waals surface area contributed by atoms with E-state index < -0.39 is 0 Å². The molecule has 0 aliphatic carbocycles. The second kappa shape index (κ2) is 4.14. The lowest BCUT2D eigenvalue weighted by molar-refractivity contribution is -0.783. The Morgan fingerprint density at radius 1 is 1.42 bits per heavy atom. The maximum absolute atomic E-state index is 9.06. The summed E-state index contributed by atoms with van der Waals surface area (Å²) in [5, 5.41) is 17.3. The lowest BCUT2D eigenvalue weighted by Gasteiger charge is -1.91. The Hall–Kier alpha value is -1.82. The third kappa shape index (κ3) is 2.43. The van der Waals surface area contributed by atoms with Crippen molar-refractivity contribution in [3.63, 3.8) is 0 Å². The van der Waals surface area contributed by atoms with E-state index in [2.05, 4.69) is 0 Å². The number of hydrogen-bond donors (Lipinski definition) is 1. The summed E-state index contributed by atoms with van der Waals surface area (Å²) in [5.41, 5.74) is 0.964. The number of nitriles is 1. The number of nitrogens with zero attached hydrogens (tertiary/aromatic N) is 2. The van der Waals surface area contributed by atoms with Gasteiger partial charge in [0.05, 0.1) is 0 Å². The fourth-order valence-electron chi connectivity index (χ4n) is 0.883. The third-order valence-corrected chi connectivity index (χ3v) is 1.39. The van der Waals surface area contributed by atoms with Crippen LogP contribution in [0.25, 0.3) is 0 Å². The topological polar surface area (TPSA) is 47.0 Å². The standard InChI is InChI=1S/C9H9N2O/c10-6-7-11(12)8-9-4-2-1-3-5-9/h1-5,7,12H,8H2/q+1. The van der Waals surface area contributed by atoms with Crippen LogP contribution in [0.3, 0.4) is 0 Å². The van der Waals surface area contributed by atoms with Crippen LogP contribution in [-0.4, -0.2) is 16.2 Å². The molecule has 0 saturated carbocycles. The lowest BCUT2D eigenvalue weighted by Crippen LogP contribution is -2.06. The second-order valence-corrected chi connectivity index (χ2v) is 2.34. The smallest absolute Gasteiger partial charge is 0.290 e. The van der Waals surface area contributed by atoms with Gasteiger partial charge < -0.3 is 0 Å². The van der Waals surface area contributed by atoms with Crippen molar-refractivity contribution >= 4 is 6.21 Å². The van der Waals surface area contributed by atoms with Crippen LogP contribution in [-0.2, 0) is 6.54 Å². The first-order chi connectivity index (χ1) is 5.83. The Bertz CT molecular complexity index is 311. The van der Waals surface area contributed by atoms with Gasteiger partial charge in [-0.25, -0.2) is 0 Å². The van der Waals surface area contributed by atoms with E-state index in [4.69, 9.17) is 10.5 Å². The van der Waals surface area contributed by atoms with Crippen LogP contribution in [0, 0.1) is 11.3 Å². The zero-order chi connectivity index (χ0) is 8.81. The summed E-state index contributed by atoms with van der Waals surface area (Å²) in [7, 11) is 0. The van der Waals surface area contributed by atoms with E-state index in [1.807, 2.05) is 30.3 Å². The quantitative estimate of drug-likeness (QED) is 0.306. The minimum Gasteiger partial charge on any atom is -0.290 e. The molecule has 0 aliphatic rings. The van der Waals surface area contributed by atoms with Gasteiger partial charge in [-0.3, -0.25) is 5.21 Å². The molecular weight excluding hydrogens is 152 g/mol. The minimum absolute atomic E-state index is 0.342. The molecule has 3 heteroatoms. The minimum atomic E-state index is 0.342. The summed E-state index contributed by atoms with van der Waals surface area (Å²) in [6.45, 7) is 0.342. The Morgan fingerprint density at radius 3 is 2.67 bits per heavy atom. The average Bonchev–Trinajstić information content (AvgIpc) is 2.06. The van der Waals surface area contributed by atoms with Gasteiger partial charge in [0.15, 0.2) is 6.07 Å². The van der Waals surface area contributed by atoms with E-state index in [0.717, 1.165) is 16.5 Å². The Labute approximate surface area is 70.8 Å². The molecule has 3 nitrogen and oxygen atoms in total. The molecule has 1 N–H and O–H groups in total. The summed E-state index contributed by atoms with van der Waals surface area (Å²) in [6, 6.07) is 11.2. The van der Waals surface area contributed by atoms with Crippen LogP contribution < -0.4 is 0 Å². The maximum atomic E-state index is 9.06. The number of rotatable bonds is 2. The second-order valence-electron chi connectivity index (χ2n) is 2.34. The van der Waals surface area contributed by atoms with E-state index in [9.17, 15) is 0 Å². The van der Waals surface area contributed by atoms with Crippen molar-refractivity contribution < 1.29 is 9.95 Å². The normalized spacial score (nSPS) is 10.8. The van der Waals surface area contributed by atoms with Crippen molar-refractivity contribution in [2.24, 2.45) is 0 Å². The lowest BCUT2D eigenvalue weighted by atomic mass is 10.2. The number of hydroxylamine groups is 1. The molecule has 1 aromatic rings. The highest BCUT2D eigenvalue weighted by molar-refractivity contribution is 5.69. The van der Waals surface area contributed by atoms with E-state index >= 15 is 0 Å². The molecule has 0 bridgehead atoms. The average molecular weight is 161 g/mol. The molecule has 1 rings (SSSR count). The summed E-state index contributed by atoms with van der Waals surface area (Å²) in [5.74, 6) is 0. The van der Waals surface area contributed by atoms with Crippen molar-refractivity contribution in [2.45, 2.75) is 6.54 Å². The summed E-state index contributed by atoms with van der Waals surface area (Å²) in [4.78, 5) is 0. The zero-order valence-electron chi connectivity index (χ0n) is 6.51. The van der Waals surface area contributed by atoms with Crippen molar-refractivity contribution in [3.8, 4) is 6.07 Å². The van der Waals surface area contributed by atoms with Crippen LogP contribution >= 0.6 is 0 Å². The highest BCUT2D eigenvalue weighted by atomic mass is 16.5. The predicted octanol–water partition coefficient (Wildman–Crippen LogP) is 1.18. The molecule has 0 atom stereocenters. The number of benzene rings is 1. The molecule has 0 aliphatic heterocycles. The van der Waals surface area contributed by atoms with E-state index in [1.54, 1.807) is 6.07 Å². The summed E-state index contributed by atoms with van der Waals surface area (Å²) in [6.07, 6.45) is 1.06. The van der Waals surface area contributed by atoms with E-state index in [1.165, 1.54) is 0 Å². The summed E-state index contributed by atoms with van der Waals surface area (Å²) < 4.78 is 0.856. The fourth-order valence-corrected chi connectivity index (χ4v) is 0.883. The van der Waals surface area contributed by atoms with Crippen LogP contribution in [0.5, 0.6) is 0 Å². The summed E-state index contributed by atoms with van der Waals surface area (Å²) >= 11 is 0. The molecule has 0 heterocycles. The molecular formula is C9H9N2O+. The van der Waals surface area contributed by atoms with Crippen LogP contribution in [0.4, 0.5) is 0 Å². The molecule has 0 aromatic heterocycles. The first kappa shape index (κ1) is 8.28. The van der Waals surface area contributed by atoms with Gasteiger partial charge in [-0.1, -0.05) is 30.3 Å². The van der Waals surface area contributed by atoms with Crippen LogP contribution in [0.2, 0.25) is 0 Å². The Kier molecular flexibility index (Phi) is 2.86. The molecule has 0 unspecified atom stereocenters. The monoisotopic (exact) mass is 161 g/mol. The van der Waals surface area contributed by atoms with Crippen LogP contribution in [0.15, 0.2) is 30.3 Å². The van der Waals surface area contributed by atoms with Crippen molar-refractivity contribution in [2.75, 3.05) is 0 Å². The van der Waals surface area contributed by atoms with Gasteiger partial charge in [-0.05, 0) is 4.74 Å². The molecule has 0 spiro atoms. The van der Waals surface area contributed by atoms with Gasteiger partial charge in [0.1, 0.15) is 0 Å². The van der Waals surface area contributed by atoms with Gasteiger partial charge in [0.25, 0.3) is 6.21 Å². The van der Waals surface area contributed by atoms with Gasteiger partial charge in [0.2, 0.25) is 6.54 Å². The molecule has 60 valence electrons. The van der Waals surface area contributed by atoms with Crippen LogP contribution in [0.1, 0.15) is 5.56 Å². The van der Waals surface area contributed by atoms with Gasteiger partial charge in [-0.2, -0.15) is 5.26 Å². The van der Waals surface area contributed by atoms with Crippen molar-refractivity contribution in [1.29, 1.82) is 5.26 Å². The SMILES string of the molecule is N#CC=[N+](O)Cc1ccccc1. The first-order valence-electron chi connectivity index (χ1n) is 3.55. The third-order valence-electron chi connectivity index (χ3n) is 1.39. The molecule has 12 heavy (non-hydrogen) atoms.